The maximum absolute atomic E-state index is 13.0. The van der Waals surface area contributed by atoms with Gasteiger partial charge in [-0.2, -0.15) is 0 Å². The van der Waals surface area contributed by atoms with Crippen LogP contribution in [0.4, 0.5) is 4.79 Å². The molecular formula is C27H41NO6SSi. The molecule has 1 N–H and O–H groups in total. The van der Waals surface area contributed by atoms with Gasteiger partial charge in [-0.3, -0.25) is 14.5 Å². The highest BCUT2D eigenvalue weighted by Crippen LogP contribution is 2.46. The average Bonchev–Trinajstić information content (AvgIpc) is 3.00. The minimum absolute atomic E-state index is 0.00619. The smallest absolute Gasteiger partial charge is 0.408 e. The lowest BCUT2D eigenvalue weighted by molar-refractivity contribution is -0.142. The van der Waals surface area contributed by atoms with Gasteiger partial charge in [-0.1, -0.05) is 57.2 Å². The van der Waals surface area contributed by atoms with E-state index in [0.717, 1.165) is 5.56 Å². The third kappa shape index (κ3) is 7.95. The molecule has 7 nitrogen and oxygen atoms in total. The highest BCUT2D eigenvalue weighted by molar-refractivity contribution is 8.01. The summed E-state index contributed by atoms with van der Waals surface area (Å²) in [6.45, 7) is 14.4. The number of carbonyl (C=O) groups excluding carboxylic acids is 2. The highest BCUT2D eigenvalue weighted by atomic mass is 32.2. The SMILES string of the molecule is COC(=O)C[C@@H](CC(=O)/C=C/[C@@H]1N(C(=O)O)C(Cc2ccccc2)SC1(C)C)O[Si](C)(C)C(C)(C)C. The number of rotatable bonds is 10. The van der Waals surface area contributed by atoms with Crippen LogP contribution in [0, 0.1) is 0 Å². The van der Waals surface area contributed by atoms with E-state index in [1.165, 1.54) is 18.1 Å². The maximum atomic E-state index is 13.0. The number of hydrogen-bond donors (Lipinski definition) is 1. The van der Waals surface area contributed by atoms with Gasteiger partial charge in [-0.15, -0.1) is 11.8 Å². The molecule has 0 aliphatic carbocycles. The number of carboxylic acid groups (broad SMARTS) is 1. The first kappa shape index (κ1) is 30.1. The van der Waals surface area contributed by atoms with Gasteiger partial charge in [0.15, 0.2) is 14.1 Å². The molecule has 0 spiro atoms. The van der Waals surface area contributed by atoms with Gasteiger partial charge in [0.1, 0.15) is 0 Å². The van der Waals surface area contributed by atoms with Crippen LogP contribution in [-0.2, 0) is 25.2 Å². The Kier molecular flexibility index (Phi) is 10.0. The van der Waals surface area contributed by atoms with E-state index in [9.17, 15) is 19.5 Å². The number of carbonyl (C=O) groups is 3. The van der Waals surface area contributed by atoms with Gasteiger partial charge in [0, 0.05) is 17.6 Å². The van der Waals surface area contributed by atoms with Crippen molar-refractivity contribution < 1.29 is 28.7 Å². The van der Waals surface area contributed by atoms with Gasteiger partial charge in [0.25, 0.3) is 0 Å². The fourth-order valence-corrected chi connectivity index (χ4v) is 7.02. The van der Waals surface area contributed by atoms with Gasteiger partial charge in [-0.25, -0.2) is 4.79 Å². The standard InChI is InChI=1S/C27H41NO6SSi/c1-26(2,3)36(7,8)34-21(18-24(30)33-6)17-20(29)14-15-22-27(4,5)35-23(28(22)25(31)32)16-19-12-10-9-11-13-19/h9-15,21-23H,16-18H2,1-8H3,(H,31,32)/b15-14+/t21-,22+,23?/m1/s1. The van der Waals surface area contributed by atoms with Crippen LogP contribution in [-0.4, -0.2) is 65.5 Å². The number of allylic oxidation sites excluding steroid dienone is 1. The summed E-state index contributed by atoms with van der Waals surface area (Å²) in [5.74, 6) is -0.634. The molecule has 1 aliphatic heterocycles. The Morgan fingerprint density at radius 3 is 2.31 bits per heavy atom. The second kappa shape index (κ2) is 12.0. The zero-order valence-corrected chi connectivity index (χ0v) is 24.6. The maximum Gasteiger partial charge on any atom is 0.408 e. The van der Waals surface area contributed by atoms with E-state index in [0.29, 0.717) is 6.42 Å². The van der Waals surface area contributed by atoms with Crippen LogP contribution in [0.25, 0.3) is 0 Å². The van der Waals surface area contributed by atoms with Crippen molar-refractivity contribution in [3.05, 3.63) is 48.0 Å². The Morgan fingerprint density at radius 1 is 1.17 bits per heavy atom. The molecule has 3 atom stereocenters. The first-order valence-electron chi connectivity index (χ1n) is 12.3. The summed E-state index contributed by atoms with van der Waals surface area (Å²) in [6.07, 6.45) is 2.14. The molecule has 1 fully saturated rings. The van der Waals surface area contributed by atoms with Gasteiger partial charge in [0.05, 0.1) is 31.1 Å². The molecule has 2 rings (SSSR count). The Hall–Kier alpha value is -2.10. The third-order valence-electron chi connectivity index (χ3n) is 7.02. The van der Waals surface area contributed by atoms with E-state index in [1.54, 1.807) is 17.8 Å². The van der Waals surface area contributed by atoms with Crippen molar-refractivity contribution in [2.24, 2.45) is 0 Å². The van der Waals surface area contributed by atoms with Crippen molar-refractivity contribution in [2.75, 3.05) is 7.11 Å². The Bertz CT molecular complexity index is 957. The number of thioether (sulfide) groups is 1. The number of esters is 1. The first-order chi connectivity index (χ1) is 16.6. The predicted octanol–water partition coefficient (Wildman–Crippen LogP) is 5.90. The lowest BCUT2D eigenvalue weighted by Gasteiger charge is -2.39. The van der Waals surface area contributed by atoms with E-state index >= 15 is 0 Å². The minimum Gasteiger partial charge on any atom is -0.469 e. The Morgan fingerprint density at radius 2 is 1.78 bits per heavy atom. The van der Waals surface area contributed by atoms with Gasteiger partial charge in [-0.05, 0) is 43.6 Å². The van der Waals surface area contributed by atoms with Crippen LogP contribution in [0.15, 0.2) is 42.5 Å². The fraction of sp³-hybridized carbons (Fsp3) is 0.593. The molecule has 1 amide bonds. The van der Waals surface area contributed by atoms with Crippen LogP contribution in [0.3, 0.4) is 0 Å². The molecular weight excluding hydrogens is 494 g/mol. The molecule has 0 saturated carbocycles. The summed E-state index contributed by atoms with van der Waals surface area (Å²) in [6, 6.07) is 9.33. The highest BCUT2D eigenvalue weighted by Gasteiger charge is 2.48. The zero-order chi connectivity index (χ0) is 27.3. The number of methoxy groups -OCH3 is 1. The summed E-state index contributed by atoms with van der Waals surface area (Å²) in [5, 5.41) is 9.68. The van der Waals surface area contributed by atoms with E-state index < -0.39 is 37.3 Å². The zero-order valence-electron chi connectivity index (χ0n) is 22.7. The molecule has 9 heteroatoms. The van der Waals surface area contributed by atoms with Gasteiger partial charge in [0.2, 0.25) is 0 Å². The molecule has 1 aromatic carbocycles. The molecule has 0 radical (unpaired) electrons. The molecule has 1 unspecified atom stereocenters. The lowest BCUT2D eigenvalue weighted by atomic mass is 9.99. The van der Waals surface area contributed by atoms with Crippen molar-refractivity contribution >= 4 is 37.9 Å². The van der Waals surface area contributed by atoms with Crippen LogP contribution in [0.1, 0.15) is 53.0 Å². The topological polar surface area (TPSA) is 93.1 Å². The molecule has 1 saturated heterocycles. The Balaban J connectivity index is 2.20. The van der Waals surface area contributed by atoms with Crippen molar-refractivity contribution in [2.45, 2.75) is 94.3 Å². The summed E-state index contributed by atoms with van der Waals surface area (Å²) in [7, 11) is -0.912. The number of amides is 1. The number of benzene rings is 1. The van der Waals surface area contributed by atoms with Crippen LogP contribution in [0.2, 0.25) is 18.1 Å². The van der Waals surface area contributed by atoms with Crippen LogP contribution < -0.4 is 0 Å². The second-order valence-electron chi connectivity index (χ2n) is 11.3. The van der Waals surface area contributed by atoms with Crippen molar-refractivity contribution in [1.29, 1.82) is 0 Å². The van der Waals surface area contributed by atoms with Gasteiger partial charge < -0.3 is 14.3 Å². The number of ether oxygens (including phenoxy) is 1. The molecule has 1 aliphatic rings. The molecule has 1 aromatic rings. The minimum atomic E-state index is -2.23. The normalized spacial score (nSPS) is 20.9. The van der Waals surface area contributed by atoms with E-state index in [2.05, 4.69) is 33.9 Å². The number of nitrogens with zero attached hydrogens (tertiary/aromatic N) is 1. The molecule has 36 heavy (non-hydrogen) atoms. The summed E-state index contributed by atoms with van der Waals surface area (Å²) < 4.78 is 10.8. The molecule has 200 valence electrons. The second-order valence-corrected chi connectivity index (χ2v) is 17.9. The number of hydrogen-bond acceptors (Lipinski definition) is 6. The third-order valence-corrected chi connectivity index (χ3v) is 13.1. The average molecular weight is 536 g/mol. The van der Waals surface area contributed by atoms with Crippen LogP contribution >= 0.6 is 11.8 Å². The number of ketones is 1. The summed E-state index contributed by atoms with van der Waals surface area (Å²) in [4.78, 5) is 38.7. The van der Waals surface area contributed by atoms with Crippen molar-refractivity contribution in [3.63, 3.8) is 0 Å². The van der Waals surface area contributed by atoms with E-state index in [4.69, 9.17) is 9.16 Å². The quantitative estimate of drug-likeness (QED) is 0.227. The van der Waals surface area contributed by atoms with Crippen LogP contribution in [0.5, 0.6) is 0 Å². The predicted molar refractivity (Wildman–Crippen MR) is 147 cm³/mol. The van der Waals surface area contributed by atoms with Crippen molar-refractivity contribution in [1.82, 2.24) is 4.90 Å². The monoisotopic (exact) mass is 535 g/mol. The Labute approximate surface area is 220 Å². The molecule has 0 bridgehead atoms. The van der Waals surface area contributed by atoms with E-state index in [1.807, 2.05) is 44.2 Å². The largest absolute Gasteiger partial charge is 0.469 e. The lowest BCUT2D eigenvalue weighted by Crippen LogP contribution is -2.45. The first-order valence-corrected chi connectivity index (χ1v) is 16.0. The fourth-order valence-electron chi connectivity index (χ4n) is 4.02. The molecule has 0 aromatic heterocycles. The molecule has 1 heterocycles. The van der Waals surface area contributed by atoms with Gasteiger partial charge >= 0.3 is 12.1 Å². The summed E-state index contributed by atoms with van der Waals surface area (Å²) in [5.41, 5.74) is 1.06. The van der Waals surface area contributed by atoms with E-state index in [-0.39, 0.29) is 29.0 Å². The van der Waals surface area contributed by atoms with Crippen molar-refractivity contribution in [3.8, 4) is 0 Å². The summed E-state index contributed by atoms with van der Waals surface area (Å²) >= 11 is 1.60.